The number of hydrogen-bond acceptors (Lipinski definition) is 7. The second kappa shape index (κ2) is 18.6. The fourth-order valence-electron chi connectivity index (χ4n) is 2.94. The number of ether oxygens (including phenoxy) is 2. The minimum atomic E-state index is -0.171. The van der Waals surface area contributed by atoms with Gasteiger partial charge in [-0.3, -0.25) is 9.59 Å². The summed E-state index contributed by atoms with van der Waals surface area (Å²) in [6.45, 7) is 17.2. The molecule has 2 N–H and O–H groups in total. The number of hydrogen-bond donors (Lipinski definition) is 1. The van der Waals surface area contributed by atoms with Crippen LogP contribution in [-0.2, 0) is 9.53 Å². The zero-order valence-electron chi connectivity index (χ0n) is 22.2. The van der Waals surface area contributed by atoms with Gasteiger partial charge >= 0.3 is 5.97 Å². The molecule has 0 atom stereocenters. The largest absolute Gasteiger partial charge is 0.496 e. The Hall–Kier alpha value is -2.96. The number of esters is 1. The highest BCUT2D eigenvalue weighted by Gasteiger charge is 2.16. The van der Waals surface area contributed by atoms with E-state index in [2.05, 4.69) is 18.4 Å². The molecule has 7 nitrogen and oxygen atoms in total. The Bertz CT molecular complexity index is 754. The van der Waals surface area contributed by atoms with Crippen molar-refractivity contribution in [1.29, 1.82) is 0 Å². The Balaban J connectivity index is 0. The minimum absolute atomic E-state index is 0.171. The van der Waals surface area contributed by atoms with Crippen LogP contribution in [0.15, 0.2) is 36.1 Å². The molecule has 1 rings (SSSR count). The smallest absolute Gasteiger partial charge is 0.305 e. The first-order valence-electron chi connectivity index (χ1n) is 11.4. The van der Waals surface area contributed by atoms with E-state index in [1.54, 1.807) is 14.0 Å². The molecule has 1 aromatic rings. The number of carbonyl (C=O) groups is 2. The second-order valence-electron chi connectivity index (χ2n) is 7.32. The molecular weight excluding hydrogens is 418 g/mol. The maximum atomic E-state index is 11.5. The summed E-state index contributed by atoms with van der Waals surface area (Å²) in [6.07, 6.45) is 3.73. The third kappa shape index (κ3) is 13.2. The van der Waals surface area contributed by atoms with Crippen molar-refractivity contribution in [3.05, 3.63) is 41.6 Å². The molecule has 0 fully saturated rings. The maximum absolute atomic E-state index is 11.5. The minimum Gasteiger partial charge on any atom is -0.496 e. The third-order valence-electron chi connectivity index (χ3n) is 4.25. The number of carbonyl (C=O) groups excluding carboxylic acids is 2. The van der Waals surface area contributed by atoms with Crippen molar-refractivity contribution in [2.24, 2.45) is 5.73 Å². The average molecular weight is 464 g/mol. The molecule has 7 heteroatoms. The standard InChI is InChI=1S/C18H28N2O4.C6H11N.C2H6/c1-6-20(10-8-9-18(22)24-7-2)16-12-17(23-5)14(13-21)11-15(16)19(3)4;1-5(2)4-6(3)7;1-2/h11-13H,6-10H2,1-5H3;4H,1,7H2,2-3H3;1-2H3/b;6-4-;. The molecule has 0 heterocycles. The lowest BCUT2D eigenvalue weighted by molar-refractivity contribution is -0.143. The molecule has 0 aromatic heterocycles. The zero-order chi connectivity index (χ0) is 26.0. The lowest BCUT2D eigenvalue weighted by atomic mass is 10.1. The van der Waals surface area contributed by atoms with Gasteiger partial charge in [-0.05, 0) is 46.3 Å². The van der Waals surface area contributed by atoms with E-state index >= 15 is 0 Å². The van der Waals surface area contributed by atoms with Crippen molar-refractivity contribution in [2.45, 2.75) is 54.4 Å². The van der Waals surface area contributed by atoms with Crippen LogP contribution in [0.4, 0.5) is 11.4 Å². The van der Waals surface area contributed by atoms with E-state index in [4.69, 9.17) is 15.2 Å². The summed E-state index contributed by atoms with van der Waals surface area (Å²) in [7, 11) is 5.43. The van der Waals surface area contributed by atoms with Crippen molar-refractivity contribution in [1.82, 2.24) is 0 Å². The molecule has 0 unspecified atom stereocenters. The Kier molecular flexibility index (Phi) is 18.2. The predicted molar refractivity (Wildman–Crippen MR) is 141 cm³/mol. The third-order valence-corrected chi connectivity index (χ3v) is 4.25. The van der Waals surface area contributed by atoms with Gasteiger partial charge in [0.1, 0.15) is 5.75 Å². The molecule has 0 aliphatic carbocycles. The number of allylic oxidation sites excluding steroid dienone is 3. The van der Waals surface area contributed by atoms with E-state index < -0.39 is 0 Å². The van der Waals surface area contributed by atoms with E-state index in [9.17, 15) is 9.59 Å². The molecule has 188 valence electrons. The van der Waals surface area contributed by atoms with Crippen molar-refractivity contribution in [2.75, 3.05) is 50.7 Å². The summed E-state index contributed by atoms with van der Waals surface area (Å²) in [4.78, 5) is 26.9. The highest BCUT2D eigenvalue weighted by molar-refractivity contribution is 5.86. The summed E-state index contributed by atoms with van der Waals surface area (Å²) in [6, 6.07) is 3.71. The highest BCUT2D eigenvalue weighted by atomic mass is 16.5. The number of anilines is 2. The van der Waals surface area contributed by atoms with E-state index in [1.807, 2.05) is 64.9 Å². The maximum Gasteiger partial charge on any atom is 0.305 e. The molecule has 0 aliphatic rings. The van der Waals surface area contributed by atoms with Crippen molar-refractivity contribution in [3.63, 3.8) is 0 Å². The van der Waals surface area contributed by atoms with Gasteiger partial charge in [0.25, 0.3) is 0 Å². The van der Waals surface area contributed by atoms with Crippen LogP contribution in [0.3, 0.4) is 0 Å². The van der Waals surface area contributed by atoms with E-state index in [0.29, 0.717) is 30.8 Å². The Morgan fingerprint density at radius 3 is 2.12 bits per heavy atom. The van der Waals surface area contributed by atoms with Gasteiger partial charge in [-0.25, -0.2) is 0 Å². The lowest BCUT2D eigenvalue weighted by Gasteiger charge is -2.29. The molecule has 0 saturated carbocycles. The Morgan fingerprint density at radius 2 is 1.76 bits per heavy atom. The number of rotatable bonds is 11. The molecule has 0 spiro atoms. The molecule has 0 amide bonds. The summed E-state index contributed by atoms with van der Waals surface area (Å²) in [5.41, 5.74) is 9.55. The SMILES string of the molecule is C=C(C)/C=C(/C)N.CC.CCOC(=O)CCCN(CC)c1cc(OC)c(C=O)cc1N(C)C. The number of nitrogens with zero attached hydrogens (tertiary/aromatic N) is 2. The monoisotopic (exact) mass is 463 g/mol. The Morgan fingerprint density at radius 1 is 1.15 bits per heavy atom. The fraction of sp³-hybridized carbons (Fsp3) is 0.538. The molecule has 33 heavy (non-hydrogen) atoms. The van der Waals surface area contributed by atoms with Crippen LogP contribution in [0.2, 0.25) is 0 Å². The average Bonchev–Trinajstić information content (AvgIpc) is 2.76. The second-order valence-corrected chi connectivity index (χ2v) is 7.32. The van der Waals surface area contributed by atoms with Gasteiger partial charge in [-0.15, -0.1) is 0 Å². The molecule has 1 aromatic carbocycles. The van der Waals surface area contributed by atoms with Crippen LogP contribution in [0.1, 0.15) is 64.7 Å². The van der Waals surface area contributed by atoms with Gasteiger partial charge in [0, 0.05) is 45.4 Å². The fourth-order valence-corrected chi connectivity index (χ4v) is 2.94. The first-order valence-corrected chi connectivity index (χ1v) is 11.4. The van der Waals surface area contributed by atoms with Crippen LogP contribution < -0.4 is 20.3 Å². The normalized spacial score (nSPS) is 10.0. The van der Waals surface area contributed by atoms with Crippen molar-refractivity contribution in [3.8, 4) is 5.75 Å². The molecule has 0 saturated heterocycles. The first kappa shape index (κ1) is 32.2. The number of aldehydes is 1. The summed E-state index contributed by atoms with van der Waals surface area (Å²) < 4.78 is 10.3. The molecule has 0 bridgehead atoms. The lowest BCUT2D eigenvalue weighted by Crippen LogP contribution is -2.27. The molecule has 0 radical (unpaired) electrons. The predicted octanol–water partition coefficient (Wildman–Crippen LogP) is 5.19. The van der Waals surface area contributed by atoms with Crippen molar-refractivity contribution >= 4 is 23.6 Å². The summed E-state index contributed by atoms with van der Waals surface area (Å²) >= 11 is 0. The number of nitrogens with two attached hydrogens (primary N) is 1. The summed E-state index contributed by atoms with van der Waals surface area (Å²) in [5, 5.41) is 0. The zero-order valence-corrected chi connectivity index (χ0v) is 22.2. The van der Waals surface area contributed by atoms with E-state index in [0.717, 1.165) is 42.0 Å². The van der Waals surface area contributed by atoms with Gasteiger partial charge in [0.15, 0.2) is 6.29 Å². The van der Waals surface area contributed by atoms with Gasteiger partial charge in [-0.1, -0.05) is 26.0 Å². The number of benzene rings is 1. The van der Waals surface area contributed by atoms with Crippen LogP contribution >= 0.6 is 0 Å². The van der Waals surface area contributed by atoms with Crippen LogP contribution in [0.5, 0.6) is 5.75 Å². The highest BCUT2D eigenvalue weighted by Crippen LogP contribution is 2.35. The van der Waals surface area contributed by atoms with E-state index in [1.165, 1.54) is 0 Å². The van der Waals surface area contributed by atoms with Gasteiger partial charge in [0.05, 0.1) is 30.7 Å². The molecule has 0 aliphatic heterocycles. The summed E-state index contributed by atoms with van der Waals surface area (Å²) in [5.74, 6) is 0.379. The Labute approximate surface area is 201 Å². The van der Waals surface area contributed by atoms with Crippen LogP contribution in [0.25, 0.3) is 0 Å². The van der Waals surface area contributed by atoms with E-state index in [-0.39, 0.29) is 5.97 Å². The van der Waals surface area contributed by atoms with Crippen LogP contribution in [0, 0.1) is 0 Å². The molecular formula is C26H45N3O4. The van der Waals surface area contributed by atoms with Gasteiger partial charge in [0.2, 0.25) is 0 Å². The number of methoxy groups -OCH3 is 1. The van der Waals surface area contributed by atoms with Gasteiger partial charge < -0.3 is 25.0 Å². The first-order chi connectivity index (χ1) is 15.6. The quantitative estimate of drug-likeness (QED) is 0.274. The van der Waals surface area contributed by atoms with Crippen LogP contribution in [-0.4, -0.2) is 53.2 Å². The van der Waals surface area contributed by atoms with Crippen molar-refractivity contribution < 1.29 is 19.1 Å². The van der Waals surface area contributed by atoms with Gasteiger partial charge in [-0.2, -0.15) is 0 Å². The topological polar surface area (TPSA) is 85.1 Å².